The Hall–Kier alpha value is -1.10. The lowest BCUT2D eigenvalue weighted by Crippen LogP contribution is -2.34. The lowest BCUT2D eigenvalue weighted by molar-refractivity contribution is -0.141. The van der Waals surface area contributed by atoms with Crippen LogP contribution < -0.4 is 5.32 Å². The average Bonchev–Trinajstić information content (AvgIpc) is 2.77. The van der Waals surface area contributed by atoms with Crippen molar-refractivity contribution in [3.8, 4) is 0 Å². The van der Waals surface area contributed by atoms with E-state index in [0.717, 1.165) is 12.8 Å². The highest BCUT2D eigenvalue weighted by molar-refractivity contribution is 5.81. The van der Waals surface area contributed by atoms with E-state index in [9.17, 15) is 9.59 Å². The van der Waals surface area contributed by atoms with Crippen LogP contribution in [0.2, 0.25) is 0 Å². The second-order valence-corrected chi connectivity index (χ2v) is 3.47. The second kappa shape index (κ2) is 6.40. The Bertz CT molecular complexity index is 223. The SMILES string of the molecule is COC(=O)CCCNC(=O)C1CCCO1. The molecule has 15 heavy (non-hydrogen) atoms. The van der Waals surface area contributed by atoms with Gasteiger partial charge in [0.2, 0.25) is 5.91 Å². The van der Waals surface area contributed by atoms with Crippen LogP contribution in [0, 0.1) is 0 Å². The van der Waals surface area contributed by atoms with Gasteiger partial charge in [-0.05, 0) is 19.3 Å². The van der Waals surface area contributed by atoms with Crippen molar-refractivity contribution in [2.45, 2.75) is 31.8 Å². The Morgan fingerprint density at radius 2 is 2.33 bits per heavy atom. The summed E-state index contributed by atoms with van der Waals surface area (Å²) in [4.78, 5) is 22.2. The molecule has 0 aromatic carbocycles. The summed E-state index contributed by atoms with van der Waals surface area (Å²) in [5, 5.41) is 2.73. The van der Waals surface area contributed by atoms with Gasteiger partial charge in [0.25, 0.3) is 0 Å². The van der Waals surface area contributed by atoms with Gasteiger partial charge in [-0.15, -0.1) is 0 Å². The number of esters is 1. The average molecular weight is 215 g/mol. The highest BCUT2D eigenvalue weighted by Gasteiger charge is 2.22. The van der Waals surface area contributed by atoms with Gasteiger partial charge in [-0.3, -0.25) is 9.59 Å². The smallest absolute Gasteiger partial charge is 0.305 e. The van der Waals surface area contributed by atoms with Gasteiger partial charge in [-0.2, -0.15) is 0 Å². The molecule has 1 aliphatic heterocycles. The number of ether oxygens (including phenoxy) is 2. The van der Waals surface area contributed by atoms with Gasteiger partial charge in [-0.25, -0.2) is 0 Å². The van der Waals surface area contributed by atoms with Crippen LogP contribution in [-0.2, 0) is 19.1 Å². The maximum atomic E-state index is 11.4. The van der Waals surface area contributed by atoms with E-state index in [-0.39, 0.29) is 18.0 Å². The molecule has 1 aliphatic rings. The zero-order valence-corrected chi connectivity index (χ0v) is 8.95. The van der Waals surface area contributed by atoms with Crippen LogP contribution in [0.3, 0.4) is 0 Å². The van der Waals surface area contributed by atoms with E-state index in [1.165, 1.54) is 7.11 Å². The summed E-state index contributed by atoms with van der Waals surface area (Å²) < 4.78 is 9.69. The van der Waals surface area contributed by atoms with E-state index >= 15 is 0 Å². The Labute approximate surface area is 89.1 Å². The number of nitrogens with one attached hydrogen (secondary N) is 1. The van der Waals surface area contributed by atoms with Crippen molar-refractivity contribution in [2.75, 3.05) is 20.3 Å². The quantitative estimate of drug-likeness (QED) is 0.527. The van der Waals surface area contributed by atoms with E-state index in [1.807, 2.05) is 0 Å². The summed E-state index contributed by atoms with van der Waals surface area (Å²) in [5.74, 6) is -0.321. The van der Waals surface area contributed by atoms with Gasteiger partial charge in [0.05, 0.1) is 7.11 Å². The zero-order valence-electron chi connectivity index (χ0n) is 8.95. The fraction of sp³-hybridized carbons (Fsp3) is 0.800. The summed E-state index contributed by atoms with van der Waals surface area (Å²) in [6.07, 6.45) is 2.39. The number of hydrogen-bond acceptors (Lipinski definition) is 4. The first kappa shape index (κ1) is 12.0. The number of amides is 1. The summed E-state index contributed by atoms with van der Waals surface area (Å²) >= 11 is 0. The molecule has 0 aliphatic carbocycles. The van der Waals surface area contributed by atoms with Crippen LogP contribution in [0.15, 0.2) is 0 Å². The Kier molecular flexibility index (Phi) is 5.10. The molecule has 0 aromatic rings. The number of carbonyl (C=O) groups is 2. The zero-order chi connectivity index (χ0) is 11.1. The first-order valence-corrected chi connectivity index (χ1v) is 5.20. The minimum Gasteiger partial charge on any atom is -0.469 e. The van der Waals surface area contributed by atoms with Gasteiger partial charge in [-0.1, -0.05) is 0 Å². The lowest BCUT2D eigenvalue weighted by atomic mass is 10.2. The third-order valence-electron chi connectivity index (χ3n) is 2.31. The number of hydrogen-bond donors (Lipinski definition) is 1. The van der Waals surface area contributed by atoms with Crippen molar-refractivity contribution in [2.24, 2.45) is 0 Å². The maximum absolute atomic E-state index is 11.4. The molecule has 0 radical (unpaired) electrons. The Balaban J connectivity index is 2.04. The number of methoxy groups -OCH3 is 1. The van der Waals surface area contributed by atoms with E-state index < -0.39 is 0 Å². The molecule has 0 aromatic heterocycles. The molecule has 86 valence electrons. The molecule has 0 bridgehead atoms. The van der Waals surface area contributed by atoms with E-state index in [0.29, 0.717) is 26.0 Å². The van der Waals surface area contributed by atoms with Gasteiger partial charge >= 0.3 is 5.97 Å². The molecule has 1 unspecified atom stereocenters. The fourth-order valence-corrected chi connectivity index (χ4v) is 1.44. The van der Waals surface area contributed by atoms with Crippen LogP contribution in [0.25, 0.3) is 0 Å². The Morgan fingerprint density at radius 3 is 2.93 bits per heavy atom. The van der Waals surface area contributed by atoms with Crippen molar-refractivity contribution >= 4 is 11.9 Å². The van der Waals surface area contributed by atoms with Crippen molar-refractivity contribution in [1.82, 2.24) is 5.32 Å². The maximum Gasteiger partial charge on any atom is 0.305 e. The van der Waals surface area contributed by atoms with Crippen LogP contribution in [-0.4, -0.2) is 38.2 Å². The van der Waals surface area contributed by atoms with Crippen molar-refractivity contribution in [1.29, 1.82) is 0 Å². The third kappa shape index (κ3) is 4.29. The first-order valence-electron chi connectivity index (χ1n) is 5.20. The van der Waals surface area contributed by atoms with E-state index in [2.05, 4.69) is 10.1 Å². The van der Waals surface area contributed by atoms with E-state index in [1.54, 1.807) is 0 Å². The monoisotopic (exact) mass is 215 g/mol. The second-order valence-electron chi connectivity index (χ2n) is 3.47. The van der Waals surface area contributed by atoms with Crippen LogP contribution in [0.1, 0.15) is 25.7 Å². The third-order valence-corrected chi connectivity index (χ3v) is 2.31. The molecule has 5 nitrogen and oxygen atoms in total. The minimum absolute atomic E-state index is 0.0719. The minimum atomic E-state index is -0.289. The van der Waals surface area contributed by atoms with E-state index in [4.69, 9.17) is 4.74 Å². The molecule has 1 amide bonds. The molecule has 1 rings (SSSR count). The molecule has 1 fully saturated rings. The normalized spacial score (nSPS) is 19.9. The summed E-state index contributed by atoms with van der Waals surface area (Å²) in [6, 6.07) is 0. The lowest BCUT2D eigenvalue weighted by Gasteiger charge is -2.09. The molecule has 1 heterocycles. The number of carbonyl (C=O) groups excluding carboxylic acids is 2. The molecule has 0 saturated carbocycles. The molecule has 5 heteroatoms. The van der Waals surface area contributed by atoms with Gasteiger partial charge in [0, 0.05) is 19.6 Å². The molecule has 1 atom stereocenters. The topological polar surface area (TPSA) is 64.6 Å². The molecular weight excluding hydrogens is 198 g/mol. The van der Waals surface area contributed by atoms with Crippen LogP contribution in [0.4, 0.5) is 0 Å². The van der Waals surface area contributed by atoms with Gasteiger partial charge in [0.1, 0.15) is 6.10 Å². The van der Waals surface area contributed by atoms with Gasteiger partial charge in [0.15, 0.2) is 0 Å². The predicted octanol–water partition coefficient (Wildman–Crippen LogP) is 0.235. The van der Waals surface area contributed by atoms with Crippen LogP contribution >= 0.6 is 0 Å². The molecule has 1 saturated heterocycles. The van der Waals surface area contributed by atoms with Crippen molar-refractivity contribution in [3.63, 3.8) is 0 Å². The number of rotatable bonds is 5. The molecule has 0 spiro atoms. The summed E-state index contributed by atoms with van der Waals surface area (Å²) in [6.45, 7) is 1.16. The largest absolute Gasteiger partial charge is 0.469 e. The molecular formula is C10H17NO4. The highest BCUT2D eigenvalue weighted by Crippen LogP contribution is 2.11. The standard InChI is InChI=1S/C10H17NO4/c1-14-9(12)5-2-6-11-10(13)8-4-3-7-15-8/h8H,2-7H2,1H3,(H,11,13). The predicted molar refractivity (Wildman–Crippen MR) is 53.2 cm³/mol. The van der Waals surface area contributed by atoms with Crippen molar-refractivity contribution in [3.05, 3.63) is 0 Å². The fourth-order valence-electron chi connectivity index (χ4n) is 1.44. The van der Waals surface area contributed by atoms with Gasteiger partial charge < -0.3 is 14.8 Å². The van der Waals surface area contributed by atoms with Crippen LogP contribution in [0.5, 0.6) is 0 Å². The summed E-state index contributed by atoms with van der Waals surface area (Å²) in [7, 11) is 1.35. The Morgan fingerprint density at radius 1 is 1.53 bits per heavy atom. The first-order chi connectivity index (χ1) is 7.24. The highest BCUT2D eigenvalue weighted by atomic mass is 16.5. The summed E-state index contributed by atoms with van der Waals surface area (Å²) in [5.41, 5.74) is 0. The molecule has 1 N–H and O–H groups in total. The van der Waals surface area contributed by atoms with Crippen molar-refractivity contribution < 1.29 is 19.1 Å².